The zero-order valence-corrected chi connectivity index (χ0v) is 25.9. The van der Waals surface area contributed by atoms with Gasteiger partial charge < -0.3 is 19.9 Å². The molecule has 15 heteroatoms. The lowest BCUT2D eigenvalue weighted by atomic mass is 10.2. The fourth-order valence-electron chi connectivity index (χ4n) is 4.72. The second-order valence-corrected chi connectivity index (χ2v) is 11.5. The van der Waals surface area contributed by atoms with Gasteiger partial charge in [0.05, 0.1) is 24.3 Å². The van der Waals surface area contributed by atoms with Gasteiger partial charge >= 0.3 is 11.8 Å². The Morgan fingerprint density at radius 2 is 1.82 bits per heavy atom. The number of aromatic nitrogens is 7. The number of carbonyl (C=O) groups excluding carboxylic acids is 2. The van der Waals surface area contributed by atoms with Crippen LogP contribution in [-0.2, 0) is 36.7 Å². The lowest BCUT2D eigenvalue weighted by Gasteiger charge is -2.21. The largest absolute Gasteiger partial charge is 0.443 e. The van der Waals surface area contributed by atoms with E-state index in [2.05, 4.69) is 25.6 Å². The third-order valence-electron chi connectivity index (χ3n) is 6.84. The number of halogens is 1. The van der Waals surface area contributed by atoms with Crippen LogP contribution < -0.4 is 21.9 Å². The van der Waals surface area contributed by atoms with Crippen molar-refractivity contribution < 1.29 is 14.3 Å². The molecule has 230 valence electrons. The Labute approximate surface area is 256 Å². The average Bonchev–Trinajstić information content (AvgIpc) is 3.50. The molecule has 0 radical (unpaired) electrons. The first kappa shape index (κ1) is 30.5. The van der Waals surface area contributed by atoms with Crippen molar-refractivity contribution in [3.8, 4) is 0 Å². The maximum Gasteiger partial charge on any atom is 0.419 e. The Balaban J connectivity index is 1.56. The molecule has 14 nitrogen and oxygen atoms in total. The lowest BCUT2D eigenvalue weighted by molar-refractivity contribution is -0.120. The summed E-state index contributed by atoms with van der Waals surface area (Å²) in [4.78, 5) is 65.4. The highest BCUT2D eigenvalue weighted by Gasteiger charge is 2.25. The molecular formula is C29H32ClN9O5. The molecule has 0 aliphatic rings. The summed E-state index contributed by atoms with van der Waals surface area (Å²) < 4.78 is 10.8. The van der Waals surface area contributed by atoms with Crippen LogP contribution in [0, 0.1) is 0 Å². The van der Waals surface area contributed by atoms with Gasteiger partial charge in [0.1, 0.15) is 17.2 Å². The van der Waals surface area contributed by atoms with E-state index in [-0.39, 0.29) is 36.1 Å². The van der Waals surface area contributed by atoms with Gasteiger partial charge in [-0.2, -0.15) is 4.98 Å². The molecule has 4 heterocycles. The highest BCUT2D eigenvalue weighted by molar-refractivity contribution is 6.35. The van der Waals surface area contributed by atoms with Gasteiger partial charge in [0.2, 0.25) is 11.9 Å². The Kier molecular flexibility index (Phi) is 8.04. The predicted molar refractivity (Wildman–Crippen MR) is 165 cm³/mol. The Bertz CT molecular complexity index is 2050. The zero-order valence-electron chi connectivity index (χ0n) is 25.1. The molecule has 0 fully saturated rings. The molecule has 0 atom stereocenters. The van der Waals surface area contributed by atoms with Crippen molar-refractivity contribution in [1.29, 1.82) is 0 Å². The number of fused-ring (bicyclic) bond motifs is 2. The number of hydrogen-bond donors (Lipinski definition) is 2. The second kappa shape index (κ2) is 11.6. The summed E-state index contributed by atoms with van der Waals surface area (Å²) >= 11 is 6.44. The minimum absolute atomic E-state index is 0.130. The SMILES string of the molecule is CCC(=O)NCc1nccc(Nc2nc3c(c(=O)n(Cc4cc5c(Cl)cccc5n4C(=O)OC(C)(C)C)c(=O)n3C)n2C)n1. The summed E-state index contributed by atoms with van der Waals surface area (Å²) in [6, 6.07) is 8.40. The molecule has 0 spiro atoms. The van der Waals surface area contributed by atoms with Gasteiger partial charge in [-0.05, 0) is 45.0 Å². The van der Waals surface area contributed by atoms with Crippen molar-refractivity contribution >= 4 is 57.4 Å². The third-order valence-corrected chi connectivity index (χ3v) is 7.16. The lowest BCUT2D eigenvalue weighted by Crippen LogP contribution is -2.40. The minimum atomic E-state index is -0.790. The summed E-state index contributed by atoms with van der Waals surface area (Å²) in [5.41, 5.74) is -0.901. The number of anilines is 2. The smallest absolute Gasteiger partial charge is 0.419 e. The van der Waals surface area contributed by atoms with Crippen molar-refractivity contribution in [1.82, 2.24) is 38.5 Å². The van der Waals surface area contributed by atoms with Crippen LogP contribution in [0.25, 0.3) is 22.1 Å². The van der Waals surface area contributed by atoms with Gasteiger partial charge in [-0.25, -0.2) is 24.1 Å². The number of imidazole rings is 1. The molecule has 0 aliphatic heterocycles. The van der Waals surface area contributed by atoms with E-state index in [0.717, 1.165) is 4.57 Å². The van der Waals surface area contributed by atoms with Crippen molar-refractivity contribution in [3.05, 3.63) is 73.9 Å². The van der Waals surface area contributed by atoms with Crippen LogP contribution >= 0.6 is 11.6 Å². The van der Waals surface area contributed by atoms with E-state index in [9.17, 15) is 19.2 Å². The Morgan fingerprint density at radius 3 is 2.52 bits per heavy atom. The molecule has 4 aromatic heterocycles. The van der Waals surface area contributed by atoms with Gasteiger partial charge in [-0.15, -0.1) is 0 Å². The van der Waals surface area contributed by atoms with Crippen LogP contribution in [0.3, 0.4) is 0 Å². The van der Waals surface area contributed by atoms with E-state index in [4.69, 9.17) is 16.3 Å². The molecular weight excluding hydrogens is 590 g/mol. The molecule has 0 bridgehead atoms. The van der Waals surface area contributed by atoms with E-state index in [1.54, 1.807) is 65.1 Å². The number of aryl methyl sites for hydroxylation is 2. The summed E-state index contributed by atoms with van der Waals surface area (Å²) in [6.07, 6.45) is 1.20. The molecule has 0 saturated heterocycles. The normalized spacial score (nSPS) is 11.7. The number of benzene rings is 1. The molecule has 2 N–H and O–H groups in total. The van der Waals surface area contributed by atoms with Crippen molar-refractivity contribution in [3.63, 3.8) is 0 Å². The first-order valence-corrected chi connectivity index (χ1v) is 14.2. The first-order valence-electron chi connectivity index (χ1n) is 13.8. The monoisotopic (exact) mass is 621 g/mol. The molecule has 1 aromatic carbocycles. The number of carbonyl (C=O) groups is 2. The molecule has 0 saturated carbocycles. The Hall–Kier alpha value is -4.98. The summed E-state index contributed by atoms with van der Waals surface area (Å²) in [5, 5.41) is 6.76. The average molecular weight is 622 g/mol. The fraction of sp³-hybridized carbons (Fsp3) is 0.345. The number of ether oxygens (including phenoxy) is 1. The van der Waals surface area contributed by atoms with Crippen molar-refractivity contribution in [2.45, 2.75) is 52.8 Å². The van der Waals surface area contributed by atoms with E-state index in [1.807, 2.05) is 0 Å². The summed E-state index contributed by atoms with van der Waals surface area (Å²) in [7, 11) is 3.14. The van der Waals surface area contributed by atoms with Crippen LogP contribution in [-0.4, -0.2) is 50.8 Å². The number of nitrogens with zero attached hydrogens (tertiary/aromatic N) is 7. The molecule has 0 unspecified atom stereocenters. The van der Waals surface area contributed by atoms with Gasteiger partial charge in [-0.3, -0.25) is 18.7 Å². The van der Waals surface area contributed by atoms with Gasteiger partial charge in [-0.1, -0.05) is 24.6 Å². The maximum atomic E-state index is 13.9. The molecule has 1 amide bonds. The van der Waals surface area contributed by atoms with Crippen LogP contribution in [0.4, 0.5) is 16.6 Å². The molecule has 44 heavy (non-hydrogen) atoms. The van der Waals surface area contributed by atoms with E-state index in [0.29, 0.717) is 39.7 Å². The maximum absolute atomic E-state index is 13.9. The minimum Gasteiger partial charge on any atom is -0.443 e. The van der Waals surface area contributed by atoms with Crippen molar-refractivity contribution in [2.75, 3.05) is 5.32 Å². The first-order chi connectivity index (χ1) is 20.8. The highest BCUT2D eigenvalue weighted by atomic mass is 35.5. The zero-order chi connectivity index (χ0) is 31.9. The topological polar surface area (TPSA) is 160 Å². The predicted octanol–water partition coefficient (Wildman–Crippen LogP) is 3.43. The molecule has 5 rings (SSSR count). The fourth-order valence-corrected chi connectivity index (χ4v) is 4.94. The standard InChI is InChI=1S/C29H32ClN9O5/c1-7-22(40)32-14-21-31-12-11-20(33-21)34-26-35-24-23(36(26)5)25(41)38(27(42)37(24)6)15-16-13-17-18(30)9-8-10-19(17)39(16)28(43)44-29(2,3)4/h8-13H,7,14-15H2,1-6H3,(H,32,40)(H,31,33,34,35). The van der Waals surface area contributed by atoms with Gasteiger partial charge in [0, 0.05) is 37.1 Å². The van der Waals surface area contributed by atoms with Gasteiger partial charge in [0.15, 0.2) is 11.2 Å². The quantitative estimate of drug-likeness (QED) is 0.277. The number of hydrogen-bond acceptors (Lipinski definition) is 9. The van der Waals surface area contributed by atoms with Crippen LogP contribution in [0.5, 0.6) is 0 Å². The number of nitrogens with one attached hydrogen (secondary N) is 2. The number of amides is 1. The van der Waals surface area contributed by atoms with E-state index >= 15 is 0 Å². The molecule has 5 aromatic rings. The van der Waals surface area contributed by atoms with Crippen LogP contribution in [0.2, 0.25) is 5.02 Å². The van der Waals surface area contributed by atoms with Crippen LogP contribution in [0.1, 0.15) is 45.6 Å². The van der Waals surface area contributed by atoms with E-state index < -0.39 is 22.9 Å². The highest BCUT2D eigenvalue weighted by Crippen LogP contribution is 2.28. The van der Waals surface area contributed by atoms with Crippen LogP contribution in [0.15, 0.2) is 46.1 Å². The molecule has 0 aliphatic carbocycles. The summed E-state index contributed by atoms with van der Waals surface area (Å²) in [6.45, 7) is 6.90. The summed E-state index contributed by atoms with van der Waals surface area (Å²) in [5.74, 6) is 0.879. The third kappa shape index (κ3) is 5.80. The number of rotatable bonds is 7. The second-order valence-electron chi connectivity index (χ2n) is 11.1. The van der Waals surface area contributed by atoms with E-state index in [1.165, 1.54) is 26.9 Å². The van der Waals surface area contributed by atoms with Gasteiger partial charge in [0.25, 0.3) is 5.56 Å². The van der Waals surface area contributed by atoms with Crippen molar-refractivity contribution in [2.24, 2.45) is 14.1 Å². The Morgan fingerprint density at radius 1 is 1.07 bits per heavy atom.